The van der Waals surface area contributed by atoms with Crippen LogP contribution in [0.15, 0.2) is 35.0 Å². The summed E-state index contributed by atoms with van der Waals surface area (Å²) in [4.78, 5) is 26.2. The molecule has 2 aromatic rings. The van der Waals surface area contributed by atoms with Gasteiger partial charge >= 0.3 is 11.8 Å². The lowest BCUT2D eigenvalue weighted by Gasteiger charge is -2.23. The number of hydrogen-bond donors (Lipinski definition) is 2. The van der Waals surface area contributed by atoms with Crippen LogP contribution in [-0.4, -0.2) is 37.4 Å². The molecule has 6 heteroatoms. The van der Waals surface area contributed by atoms with Crippen molar-refractivity contribution in [3.63, 3.8) is 0 Å². The molecule has 0 saturated heterocycles. The van der Waals surface area contributed by atoms with Crippen LogP contribution in [0.3, 0.4) is 0 Å². The molecule has 0 radical (unpaired) electrons. The summed E-state index contributed by atoms with van der Waals surface area (Å²) >= 11 is 1.61. The van der Waals surface area contributed by atoms with Gasteiger partial charge < -0.3 is 15.5 Å². The highest BCUT2D eigenvalue weighted by atomic mass is 32.1. The Morgan fingerprint density at radius 1 is 1.17 bits per heavy atom. The van der Waals surface area contributed by atoms with E-state index in [0.29, 0.717) is 12.2 Å². The van der Waals surface area contributed by atoms with Crippen LogP contribution in [0.1, 0.15) is 22.7 Å². The fraction of sp³-hybridized carbons (Fsp3) is 0.333. The molecule has 1 unspecified atom stereocenters. The van der Waals surface area contributed by atoms with Crippen molar-refractivity contribution in [1.82, 2.24) is 10.2 Å². The second-order valence-electron chi connectivity index (χ2n) is 6.02. The van der Waals surface area contributed by atoms with Crippen molar-refractivity contribution in [1.29, 1.82) is 0 Å². The van der Waals surface area contributed by atoms with Gasteiger partial charge in [-0.25, -0.2) is 0 Å². The maximum atomic E-state index is 12.1. The number of aryl methyl sites for hydroxylation is 2. The largest absolute Gasteiger partial charge is 0.346 e. The highest BCUT2D eigenvalue weighted by molar-refractivity contribution is 7.07. The lowest BCUT2D eigenvalue weighted by Crippen LogP contribution is -2.40. The van der Waals surface area contributed by atoms with Gasteiger partial charge in [0.1, 0.15) is 0 Å². The van der Waals surface area contributed by atoms with E-state index >= 15 is 0 Å². The average molecular weight is 345 g/mol. The summed E-state index contributed by atoms with van der Waals surface area (Å²) in [7, 11) is 3.90. The molecule has 0 bridgehead atoms. The van der Waals surface area contributed by atoms with E-state index in [1.54, 1.807) is 11.3 Å². The summed E-state index contributed by atoms with van der Waals surface area (Å²) in [6.45, 7) is 4.26. The van der Waals surface area contributed by atoms with Crippen LogP contribution < -0.4 is 10.6 Å². The molecule has 1 atom stereocenters. The minimum absolute atomic E-state index is 0.0362. The second kappa shape index (κ2) is 8.08. The van der Waals surface area contributed by atoms with Crippen LogP contribution in [0.4, 0.5) is 5.69 Å². The highest BCUT2D eigenvalue weighted by Gasteiger charge is 2.19. The van der Waals surface area contributed by atoms with Crippen LogP contribution >= 0.6 is 11.3 Å². The Kier molecular flexibility index (Phi) is 6.11. The Labute approximate surface area is 146 Å². The summed E-state index contributed by atoms with van der Waals surface area (Å²) in [6.07, 6.45) is 0. The molecule has 0 fully saturated rings. The summed E-state index contributed by atoms with van der Waals surface area (Å²) in [5, 5.41) is 9.43. The first-order chi connectivity index (χ1) is 11.4. The van der Waals surface area contributed by atoms with Gasteiger partial charge in [-0.2, -0.15) is 11.3 Å². The van der Waals surface area contributed by atoms with Gasteiger partial charge in [-0.15, -0.1) is 0 Å². The zero-order valence-corrected chi connectivity index (χ0v) is 15.2. The van der Waals surface area contributed by atoms with E-state index in [1.807, 2.05) is 67.9 Å². The third-order valence-electron chi connectivity index (χ3n) is 3.84. The van der Waals surface area contributed by atoms with Gasteiger partial charge in [-0.05, 0) is 62.0 Å². The fourth-order valence-electron chi connectivity index (χ4n) is 2.47. The summed E-state index contributed by atoms with van der Waals surface area (Å²) in [6, 6.07) is 7.74. The molecule has 2 rings (SSSR count). The number of carbonyl (C=O) groups is 2. The molecule has 0 spiro atoms. The summed E-state index contributed by atoms with van der Waals surface area (Å²) in [5.41, 5.74) is 3.82. The molecule has 2 N–H and O–H groups in total. The molecule has 5 nitrogen and oxygen atoms in total. The number of carbonyl (C=O) groups excluding carboxylic acids is 2. The number of likely N-dealkylation sites (N-methyl/N-ethyl adjacent to an activating group) is 1. The molecule has 0 aliphatic carbocycles. The molecule has 1 aromatic carbocycles. The monoisotopic (exact) mass is 345 g/mol. The molecule has 0 aliphatic rings. The van der Waals surface area contributed by atoms with Crippen molar-refractivity contribution in [2.24, 2.45) is 0 Å². The minimum Gasteiger partial charge on any atom is -0.346 e. The van der Waals surface area contributed by atoms with Crippen molar-refractivity contribution in [2.45, 2.75) is 19.9 Å². The zero-order valence-electron chi connectivity index (χ0n) is 14.4. The van der Waals surface area contributed by atoms with Crippen molar-refractivity contribution in [3.05, 3.63) is 51.7 Å². The minimum atomic E-state index is -0.648. The van der Waals surface area contributed by atoms with E-state index in [1.165, 1.54) is 0 Å². The Bertz CT molecular complexity index is 711. The maximum Gasteiger partial charge on any atom is 0.313 e. The number of hydrogen-bond acceptors (Lipinski definition) is 4. The second-order valence-corrected chi connectivity index (χ2v) is 6.80. The van der Waals surface area contributed by atoms with Crippen LogP contribution in [0, 0.1) is 13.8 Å². The Hall–Kier alpha value is -2.18. The number of benzene rings is 1. The number of nitrogens with zero attached hydrogens (tertiary/aromatic N) is 1. The van der Waals surface area contributed by atoms with Crippen LogP contribution in [0.2, 0.25) is 0 Å². The average Bonchev–Trinajstić information content (AvgIpc) is 3.03. The van der Waals surface area contributed by atoms with Crippen molar-refractivity contribution in [3.8, 4) is 0 Å². The van der Waals surface area contributed by atoms with E-state index in [-0.39, 0.29) is 6.04 Å². The fourth-order valence-corrected chi connectivity index (χ4v) is 3.17. The molecular weight excluding hydrogens is 322 g/mol. The SMILES string of the molecule is Cc1ccc(NC(=O)C(=O)NCC(c2ccsc2)N(C)C)c(C)c1. The van der Waals surface area contributed by atoms with Gasteiger partial charge in [0.15, 0.2) is 0 Å². The quantitative estimate of drug-likeness (QED) is 0.819. The molecule has 1 aromatic heterocycles. The highest BCUT2D eigenvalue weighted by Crippen LogP contribution is 2.20. The van der Waals surface area contributed by atoms with Gasteiger partial charge in [0, 0.05) is 12.2 Å². The Morgan fingerprint density at radius 2 is 1.92 bits per heavy atom. The lowest BCUT2D eigenvalue weighted by atomic mass is 10.1. The molecule has 0 aliphatic heterocycles. The van der Waals surface area contributed by atoms with E-state index in [9.17, 15) is 9.59 Å². The summed E-state index contributed by atoms with van der Waals surface area (Å²) < 4.78 is 0. The summed E-state index contributed by atoms with van der Waals surface area (Å²) in [5.74, 6) is -1.28. The molecule has 24 heavy (non-hydrogen) atoms. The van der Waals surface area contributed by atoms with E-state index in [2.05, 4.69) is 10.6 Å². The van der Waals surface area contributed by atoms with Crippen molar-refractivity contribution < 1.29 is 9.59 Å². The molecule has 1 heterocycles. The van der Waals surface area contributed by atoms with Crippen molar-refractivity contribution >= 4 is 28.8 Å². The smallest absolute Gasteiger partial charge is 0.313 e. The van der Waals surface area contributed by atoms with Crippen molar-refractivity contribution in [2.75, 3.05) is 26.0 Å². The zero-order chi connectivity index (χ0) is 17.7. The number of amides is 2. The number of rotatable bonds is 5. The molecule has 0 saturated carbocycles. The normalized spacial score (nSPS) is 12.0. The van der Waals surface area contributed by atoms with Crippen LogP contribution in [0.25, 0.3) is 0 Å². The third-order valence-corrected chi connectivity index (χ3v) is 4.55. The first kappa shape index (κ1) is 18.2. The van der Waals surface area contributed by atoms with Gasteiger partial charge in [0.2, 0.25) is 0 Å². The predicted octanol–water partition coefficient (Wildman–Crippen LogP) is 2.72. The number of thiophene rings is 1. The first-order valence-corrected chi connectivity index (χ1v) is 8.67. The van der Waals surface area contributed by atoms with E-state index in [0.717, 1.165) is 16.7 Å². The van der Waals surface area contributed by atoms with Gasteiger partial charge in [0.25, 0.3) is 0 Å². The van der Waals surface area contributed by atoms with Gasteiger partial charge in [-0.3, -0.25) is 9.59 Å². The van der Waals surface area contributed by atoms with Crippen LogP contribution in [0.5, 0.6) is 0 Å². The lowest BCUT2D eigenvalue weighted by molar-refractivity contribution is -0.136. The Balaban J connectivity index is 1.95. The number of nitrogens with one attached hydrogen (secondary N) is 2. The van der Waals surface area contributed by atoms with Gasteiger partial charge in [0.05, 0.1) is 6.04 Å². The van der Waals surface area contributed by atoms with E-state index < -0.39 is 11.8 Å². The predicted molar refractivity (Wildman–Crippen MR) is 98.3 cm³/mol. The standard InChI is InChI=1S/C18H23N3O2S/c1-12-5-6-15(13(2)9-12)20-18(23)17(22)19-10-16(21(3)4)14-7-8-24-11-14/h5-9,11,16H,10H2,1-4H3,(H,19,22)(H,20,23). The number of anilines is 1. The molecule has 128 valence electrons. The van der Waals surface area contributed by atoms with Gasteiger partial charge in [-0.1, -0.05) is 17.7 Å². The molecule has 2 amide bonds. The van der Waals surface area contributed by atoms with E-state index in [4.69, 9.17) is 0 Å². The topological polar surface area (TPSA) is 61.4 Å². The van der Waals surface area contributed by atoms with Crippen LogP contribution in [-0.2, 0) is 9.59 Å². The molecular formula is C18H23N3O2S. The first-order valence-electron chi connectivity index (χ1n) is 7.73. The maximum absolute atomic E-state index is 12.1. The third kappa shape index (κ3) is 4.66. The Morgan fingerprint density at radius 3 is 2.50 bits per heavy atom.